The zero-order valence-electron chi connectivity index (χ0n) is 21.9. The third kappa shape index (κ3) is 5.96. The molecule has 1 amide bonds. The molecule has 1 saturated heterocycles. The Morgan fingerprint density at radius 2 is 1.71 bits per heavy atom. The summed E-state index contributed by atoms with van der Waals surface area (Å²) in [5.74, 6) is -0.408. The van der Waals surface area contributed by atoms with Gasteiger partial charge in [0.1, 0.15) is 17.1 Å². The normalized spacial score (nSPS) is 14.1. The number of aryl methyl sites for hydroxylation is 1. The average Bonchev–Trinajstić information content (AvgIpc) is 2.93. The van der Waals surface area contributed by atoms with Crippen LogP contribution in [-0.2, 0) is 11.2 Å². The first-order chi connectivity index (χ1) is 18.3. The lowest BCUT2D eigenvalue weighted by molar-refractivity contribution is -0.120. The molecule has 38 heavy (non-hydrogen) atoms. The first-order valence-electron chi connectivity index (χ1n) is 12.7. The van der Waals surface area contributed by atoms with Crippen LogP contribution in [0.3, 0.4) is 0 Å². The zero-order valence-corrected chi connectivity index (χ0v) is 23.5. The highest BCUT2D eigenvalue weighted by atomic mass is 79.9. The van der Waals surface area contributed by atoms with Crippen LogP contribution in [0.25, 0.3) is 0 Å². The van der Waals surface area contributed by atoms with Gasteiger partial charge < -0.3 is 24.8 Å². The van der Waals surface area contributed by atoms with Gasteiger partial charge >= 0.3 is 5.97 Å². The fourth-order valence-corrected chi connectivity index (χ4v) is 5.60. The summed E-state index contributed by atoms with van der Waals surface area (Å²) in [6, 6.07) is 16.6. The summed E-state index contributed by atoms with van der Waals surface area (Å²) < 4.78 is 11.5. The third-order valence-corrected chi connectivity index (χ3v) is 7.73. The number of halogens is 1. The number of nitrogens with zero attached hydrogens (tertiary/aromatic N) is 1. The maximum absolute atomic E-state index is 13.6. The molecule has 3 aromatic carbocycles. The van der Waals surface area contributed by atoms with Gasteiger partial charge in [-0.25, -0.2) is 4.79 Å². The Balaban J connectivity index is 1.74. The van der Waals surface area contributed by atoms with Crippen LogP contribution in [0.2, 0.25) is 0 Å². The molecule has 2 N–H and O–H groups in total. The summed E-state index contributed by atoms with van der Waals surface area (Å²) in [6.07, 6.45) is 3.54. The number of amides is 1. The number of methoxy groups -OCH3 is 2. The summed E-state index contributed by atoms with van der Waals surface area (Å²) in [6.45, 7) is 4.03. The summed E-state index contributed by atoms with van der Waals surface area (Å²) in [5, 5.41) is 12.7. The predicted molar refractivity (Wildman–Crippen MR) is 152 cm³/mol. The smallest absolute Gasteiger partial charge is 0.339 e. The van der Waals surface area contributed by atoms with E-state index in [-0.39, 0.29) is 23.6 Å². The number of ether oxygens (including phenoxy) is 2. The highest BCUT2D eigenvalue weighted by Crippen LogP contribution is 2.38. The molecule has 7 nitrogen and oxygen atoms in total. The van der Waals surface area contributed by atoms with Gasteiger partial charge in [0, 0.05) is 34.4 Å². The average molecular weight is 582 g/mol. The first-order valence-corrected chi connectivity index (χ1v) is 13.5. The summed E-state index contributed by atoms with van der Waals surface area (Å²) in [7, 11) is 3.05. The van der Waals surface area contributed by atoms with Crippen molar-refractivity contribution < 1.29 is 24.2 Å². The number of benzene rings is 3. The van der Waals surface area contributed by atoms with Crippen molar-refractivity contribution in [2.45, 2.75) is 38.6 Å². The lowest BCUT2D eigenvalue weighted by Gasteiger charge is -2.34. The molecule has 4 rings (SSSR count). The van der Waals surface area contributed by atoms with Crippen molar-refractivity contribution in [3.05, 3.63) is 86.9 Å². The Kier molecular flexibility index (Phi) is 8.94. The highest BCUT2D eigenvalue weighted by Gasteiger charge is 2.27. The van der Waals surface area contributed by atoms with Gasteiger partial charge in [-0.2, -0.15) is 0 Å². The number of carbonyl (C=O) groups excluding carboxylic acids is 1. The number of carbonyl (C=O) groups is 2. The molecule has 1 aliphatic rings. The van der Waals surface area contributed by atoms with Gasteiger partial charge in [0.25, 0.3) is 0 Å². The van der Waals surface area contributed by atoms with Crippen molar-refractivity contribution in [1.82, 2.24) is 5.32 Å². The quantitative estimate of drug-likeness (QED) is 0.327. The molecule has 1 heterocycles. The van der Waals surface area contributed by atoms with Gasteiger partial charge in [-0.05, 0) is 61.6 Å². The second-order valence-electron chi connectivity index (χ2n) is 9.42. The molecule has 1 aliphatic heterocycles. The van der Waals surface area contributed by atoms with Crippen LogP contribution in [0.5, 0.6) is 11.5 Å². The van der Waals surface area contributed by atoms with Gasteiger partial charge in [-0.3, -0.25) is 4.79 Å². The SMILES string of the molecule is COc1cc(CC(=O)NC(c2ccccc2OC)c2c(C)cccc2N2CCCCC2)c(Br)cc1C(=O)O. The second kappa shape index (κ2) is 12.3. The number of anilines is 1. The molecule has 1 fully saturated rings. The first kappa shape index (κ1) is 27.5. The van der Waals surface area contributed by atoms with E-state index >= 15 is 0 Å². The van der Waals surface area contributed by atoms with E-state index in [0.717, 1.165) is 48.3 Å². The number of rotatable bonds is 9. The van der Waals surface area contributed by atoms with E-state index in [0.29, 0.717) is 15.8 Å². The number of carboxylic acids is 1. The van der Waals surface area contributed by atoms with E-state index in [9.17, 15) is 14.7 Å². The van der Waals surface area contributed by atoms with E-state index in [4.69, 9.17) is 9.47 Å². The van der Waals surface area contributed by atoms with Crippen molar-refractivity contribution in [2.24, 2.45) is 0 Å². The molecule has 0 spiro atoms. The standard InChI is InChI=1S/C30H33BrN2O5/c1-19-10-9-12-24(33-14-7-4-8-15-33)28(19)29(21-11-5-6-13-25(21)37-2)32-27(34)17-20-16-26(38-3)22(30(35)36)18-23(20)31/h5-6,9-13,16,18,29H,4,7-8,14-15,17H2,1-3H3,(H,32,34)(H,35,36). The number of carboxylic acid groups (broad SMARTS) is 1. The number of hydrogen-bond donors (Lipinski definition) is 2. The van der Waals surface area contributed by atoms with Crippen LogP contribution in [-0.4, -0.2) is 44.3 Å². The van der Waals surface area contributed by atoms with E-state index in [1.54, 1.807) is 13.2 Å². The van der Waals surface area contributed by atoms with E-state index < -0.39 is 12.0 Å². The van der Waals surface area contributed by atoms with Crippen LogP contribution in [0.4, 0.5) is 5.69 Å². The Morgan fingerprint density at radius 1 is 1.00 bits per heavy atom. The van der Waals surface area contributed by atoms with Crippen LogP contribution < -0.4 is 19.7 Å². The lowest BCUT2D eigenvalue weighted by Crippen LogP contribution is -2.35. The fraction of sp³-hybridized carbons (Fsp3) is 0.333. The van der Waals surface area contributed by atoms with Gasteiger partial charge in [-0.15, -0.1) is 0 Å². The topological polar surface area (TPSA) is 88.1 Å². The second-order valence-corrected chi connectivity index (χ2v) is 10.3. The molecule has 0 aliphatic carbocycles. The Labute approximate surface area is 231 Å². The van der Waals surface area contributed by atoms with Crippen LogP contribution in [0.1, 0.15) is 57.9 Å². The Hall–Kier alpha value is -3.52. The summed E-state index contributed by atoms with van der Waals surface area (Å²) in [4.78, 5) is 27.6. The zero-order chi connectivity index (χ0) is 27.2. The van der Waals surface area contributed by atoms with Crippen molar-refractivity contribution >= 4 is 33.5 Å². The van der Waals surface area contributed by atoms with Crippen molar-refractivity contribution in [3.8, 4) is 11.5 Å². The summed E-state index contributed by atoms with van der Waals surface area (Å²) >= 11 is 3.44. The number of nitrogens with one attached hydrogen (secondary N) is 1. The maximum Gasteiger partial charge on any atom is 0.339 e. The Morgan fingerprint density at radius 3 is 2.39 bits per heavy atom. The van der Waals surface area contributed by atoms with Gasteiger partial charge in [0.2, 0.25) is 5.91 Å². The molecule has 0 bridgehead atoms. The molecule has 0 saturated carbocycles. The number of piperidine rings is 1. The lowest BCUT2D eigenvalue weighted by atomic mass is 9.91. The van der Waals surface area contributed by atoms with Crippen molar-refractivity contribution in [3.63, 3.8) is 0 Å². The van der Waals surface area contributed by atoms with Gasteiger partial charge in [0.15, 0.2) is 0 Å². The molecule has 8 heteroatoms. The summed E-state index contributed by atoms with van der Waals surface area (Å²) in [5.41, 5.74) is 4.78. The van der Waals surface area contributed by atoms with E-state index in [1.807, 2.05) is 24.3 Å². The molecule has 0 aromatic heterocycles. The van der Waals surface area contributed by atoms with E-state index in [2.05, 4.69) is 51.3 Å². The number of aromatic carboxylic acids is 1. The van der Waals surface area contributed by atoms with Crippen molar-refractivity contribution in [2.75, 3.05) is 32.2 Å². The minimum absolute atomic E-state index is 0.0292. The minimum Gasteiger partial charge on any atom is -0.496 e. The largest absolute Gasteiger partial charge is 0.496 e. The third-order valence-electron chi connectivity index (χ3n) is 6.99. The fourth-order valence-electron chi connectivity index (χ4n) is 5.11. The predicted octanol–water partition coefficient (Wildman–Crippen LogP) is 5.91. The maximum atomic E-state index is 13.6. The van der Waals surface area contributed by atoms with Crippen LogP contribution in [0.15, 0.2) is 59.1 Å². The molecule has 0 radical (unpaired) electrons. The monoisotopic (exact) mass is 580 g/mol. The van der Waals surface area contributed by atoms with Gasteiger partial charge in [0.05, 0.1) is 26.7 Å². The van der Waals surface area contributed by atoms with Gasteiger partial charge in [-0.1, -0.05) is 46.3 Å². The minimum atomic E-state index is -1.10. The van der Waals surface area contributed by atoms with E-state index in [1.165, 1.54) is 19.6 Å². The molecule has 1 unspecified atom stereocenters. The number of para-hydroxylation sites is 1. The molecule has 3 aromatic rings. The van der Waals surface area contributed by atoms with Crippen LogP contribution in [0, 0.1) is 6.92 Å². The molecule has 1 atom stereocenters. The molecular formula is C30H33BrN2O5. The highest BCUT2D eigenvalue weighted by molar-refractivity contribution is 9.10. The Bertz CT molecular complexity index is 1320. The molecule has 200 valence electrons. The number of hydrogen-bond acceptors (Lipinski definition) is 5. The molecular weight excluding hydrogens is 548 g/mol. The van der Waals surface area contributed by atoms with Crippen molar-refractivity contribution in [1.29, 1.82) is 0 Å². The van der Waals surface area contributed by atoms with Crippen LogP contribution >= 0.6 is 15.9 Å².